The molecule has 0 atom stereocenters. The number of rotatable bonds is 3. The summed E-state index contributed by atoms with van der Waals surface area (Å²) in [7, 11) is 1.55. The number of hydrogen-bond acceptors (Lipinski definition) is 3. The lowest BCUT2D eigenvalue weighted by Crippen LogP contribution is -2.56. The summed E-state index contributed by atoms with van der Waals surface area (Å²) in [4.78, 5) is 25.1. The highest BCUT2D eigenvalue weighted by Crippen LogP contribution is 2.18. The van der Waals surface area contributed by atoms with Gasteiger partial charge in [-0.1, -0.05) is 24.3 Å². The first-order chi connectivity index (χ1) is 11.8. The number of carbonyl (C=O) groups is 2. The monoisotopic (exact) mass is 341 g/mol. The smallest absolute Gasteiger partial charge is 0.338 e. The van der Waals surface area contributed by atoms with E-state index in [0.717, 1.165) is 0 Å². The number of benzene rings is 2. The summed E-state index contributed by atoms with van der Waals surface area (Å²) in [6.07, 6.45) is 0. The van der Waals surface area contributed by atoms with E-state index in [4.69, 9.17) is 4.74 Å². The van der Waals surface area contributed by atoms with Crippen molar-refractivity contribution < 1.29 is 14.3 Å². The van der Waals surface area contributed by atoms with Crippen LogP contribution in [0.2, 0.25) is 0 Å². The summed E-state index contributed by atoms with van der Waals surface area (Å²) < 4.78 is 5.13. The predicted molar refractivity (Wildman–Crippen MR) is 97.5 cm³/mol. The van der Waals surface area contributed by atoms with E-state index in [1.54, 1.807) is 55.6 Å². The van der Waals surface area contributed by atoms with Crippen LogP contribution in [0.1, 0.15) is 31.1 Å². The van der Waals surface area contributed by atoms with Crippen LogP contribution in [0.3, 0.4) is 0 Å². The number of nitrogens with one attached hydrogen (secondary N) is 2. The van der Waals surface area contributed by atoms with Gasteiger partial charge in [-0.2, -0.15) is 0 Å². The third-order valence-electron chi connectivity index (χ3n) is 3.44. The second-order valence-electron chi connectivity index (χ2n) is 6.48. The molecule has 0 aliphatic rings. The van der Waals surface area contributed by atoms with E-state index in [9.17, 15) is 9.59 Å². The van der Waals surface area contributed by atoms with Gasteiger partial charge in [-0.3, -0.25) is 4.79 Å². The number of anilines is 1. The average molecular weight is 341 g/mol. The zero-order valence-electron chi connectivity index (χ0n) is 14.9. The first-order valence-electron chi connectivity index (χ1n) is 7.92. The topological polar surface area (TPSA) is 70.7 Å². The molecule has 2 rings (SSSR count). The molecule has 0 saturated heterocycles. The second kappa shape index (κ2) is 7.70. The molecule has 0 aliphatic heterocycles. The van der Waals surface area contributed by atoms with Crippen LogP contribution in [0.5, 0.6) is 5.75 Å². The van der Waals surface area contributed by atoms with Gasteiger partial charge in [0.1, 0.15) is 5.75 Å². The van der Waals surface area contributed by atoms with Crippen molar-refractivity contribution in [2.75, 3.05) is 12.4 Å². The predicted octanol–water partition coefficient (Wildman–Crippen LogP) is 3.67. The Hall–Kier alpha value is -3.02. The molecule has 2 aromatic rings. The van der Waals surface area contributed by atoms with Gasteiger partial charge in [-0.25, -0.2) is 15.2 Å². The second-order valence-corrected chi connectivity index (χ2v) is 6.48. The maximum absolute atomic E-state index is 12.7. The van der Waals surface area contributed by atoms with Crippen molar-refractivity contribution in [2.24, 2.45) is 0 Å². The van der Waals surface area contributed by atoms with Gasteiger partial charge >= 0.3 is 6.03 Å². The SMILES string of the molecule is COc1cccc(NC(=O)NN(C(=O)c2ccccc2)C(C)(C)C)c1. The lowest BCUT2D eigenvalue weighted by Gasteiger charge is -2.35. The van der Waals surface area contributed by atoms with Crippen LogP contribution in [0, 0.1) is 0 Å². The van der Waals surface area contributed by atoms with Gasteiger partial charge in [0.15, 0.2) is 0 Å². The van der Waals surface area contributed by atoms with Crippen LogP contribution in [-0.4, -0.2) is 29.6 Å². The Kier molecular flexibility index (Phi) is 5.64. The Morgan fingerprint density at radius 2 is 1.68 bits per heavy atom. The third kappa shape index (κ3) is 4.97. The molecule has 0 saturated carbocycles. The largest absolute Gasteiger partial charge is 0.497 e. The van der Waals surface area contributed by atoms with Gasteiger partial charge in [-0.15, -0.1) is 0 Å². The summed E-state index contributed by atoms with van der Waals surface area (Å²) in [5, 5.41) is 4.02. The first kappa shape index (κ1) is 18.3. The van der Waals surface area contributed by atoms with Crippen molar-refractivity contribution in [3.8, 4) is 5.75 Å². The highest BCUT2D eigenvalue weighted by atomic mass is 16.5. The van der Waals surface area contributed by atoms with E-state index in [1.807, 2.05) is 26.8 Å². The van der Waals surface area contributed by atoms with Gasteiger partial charge in [0, 0.05) is 17.3 Å². The van der Waals surface area contributed by atoms with Crippen molar-refractivity contribution in [1.82, 2.24) is 10.4 Å². The molecule has 2 N–H and O–H groups in total. The van der Waals surface area contributed by atoms with Gasteiger partial charge in [0.2, 0.25) is 0 Å². The van der Waals surface area contributed by atoms with Crippen molar-refractivity contribution in [3.05, 3.63) is 60.2 Å². The molecule has 132 valence electrons. The van der Waals surface area contributed by atoms with Crippen LogP contribution in [0.15, 0.2) is 54.6 Å². The number of methoxy groups -OCH3 is 1. The first-order valence-corrected chi connectivity index (χ1v) is 7.92. The molecule has 25 heavy (non-hydrogen) atoms. The number of amides is 3. The molecule has 3 amide bonds. The van der Waals surface area contributed by atoms with Crippen molar-refractivity contribution in [3.63, 3.8) is 0 Å². The van der Waals surface area contributed by atoms with Crippen molar-refractivity contribution in [1.29, 1.82) is 0 Å². The Bertz CT molecular complexity index is 739. The maximum atomic E-state index is 12.7. The molecule has 0 heterocycles. The Balaban J connectivity index is 2.14. The van der Waals surface area contributed by atoms with Gasteiger partial charge < -0.3 is 10.1 Å². The summed E-state index contributed by atoms with van der Waals surface area (Å²) in [5.74, 6) is 0.347. The van der Waals surface area contributed by atoms with E-state index in [1.165, 1.54) is 5.01 Å². The fourth-order valence-electron chi connectivity index (χ4n) is 2.19. The Labute approximate surface area is 147 Å². The lowest BCUT2D eigenvalue weighted by atomic mass is 10.1. The molecule has 6 nitrogen and oxygen atoms in total. The molecule has 0 fully saturated rings. The minimum absolute atomic E-state index is 0.283. The van der Waals surface area contributed by atoms with Gasteiger partial charge in [0.25, 0.3) is 5.91 Å². The number of hydrogen-bond donors (Lipinski definition) is 2. The van der Waals surface area contributed by atoms with E-state index in [-0.39, 0.29) is 5.91 Å². The molecule has 6 heteroatoms. The standard InChI is InChI=1S/C19H23N3O3/c1-19(2,3)22(17(23)14-9-6-5-7-10-14)21-18(24)20-15-11-8-12-16(13-15)25-4/h5-13H,1-4H3,(H2,20,21,24). The van der Waals surface area contributed by atoms with E-state index in [0.29, 0.717) is 17.0 Å². The number of carbonyl (C=O) groups excluding carboxylic acids is 2. The van der Waals surface area contributed by atoms with Crippen molar-refractivity contribution in [2.45, 2.75) is 26.3 Å². The van der Waals surface area contributed by atoms with Crippen LogP contribution in [0.25, 0.3) is 0 Å². The fraction of sp³-hybridized carbons (Fsp3) is 0.263. The van der Waals surface area contributed by atoms with Gasteiger partial charge in [0.05, 0.1) is 12.6 Å². The normalized spacial score (nSPS) is 10.7. The molecule has 0 bridgehead atoms. The Morgan fingerprint density at radius 1 is 1.00 bits per heavy atom. The molecular weight excluding hydrogens is 318 g/mol. The van der Waals surface area contributed by atoms with E-state index in [2.05, 4.69) is 10.7 Å². The summed E-state index contributed by atoms with van der Waals surface area (Å²) >= 11 is 0. The van der Waals surface area contributed by atoms with Crippen LogP contribution < -0.4 is 15.5 Å². The molecule has 0 spiro atoms. The van der Waals surface area contributed by atoms with Crippen LogP contribution in [0.4, 0.5) is 10.5 Å². The van der Waals surface area contributed by atoms with E-state index >= 15 is 0 Å². The fourth-order valence-corrected chi connectivity index (χ4v) is 2.19. The minimum Gasteiger partial charge on any atom is -0.497 e. The summed E-state index contributed by atoms with van der Waals surface area (Å²) in [6, 6.07) is 15.3. The maximum Gasteiger partial charge on any atom is 0.338 e. The summed E-state index contributed by atoms with van der Waals surface area (Å²) in [5.41, 5.74) is 3.10. The highest BCUT2D eigenvalue weighted by molar-refractivity contribution is 5.97. The van der Waals surface area contributed by atoms with Crippen molar-refractivity contribution >= 4 is 17.6 Å². The van der Waals surface area contributed by atoms with Crippen LogP contribution in [-0.2, 0) is 0 Å². The minimum atomic E-state index is -0.599. The number of urea groups is 1. The lowest BCUT2D eigenvalue weighted by molar-refractivity contribution is 0.0460. The average Bonchev–Trinajstić information content (AvgIpc) is 2.59. The molecule has 2 aromatic carbocycles. The number of nitrogens with zero attached hydrogens (tertiary/aromatic N) is 1. The molecular formula is C19H23N3O3. The van der Waals surface area contributed by atoms with Crippen LogP contribution >= 0.6 is 0 Å². The Morgan fingerprint density at radius 3 is 2.28 bits per heavy atom. The molecule has 0 aromatic heterocycles. The third-order valence-corrected chi connectivity index (χ3v) is 3.44. The zero-order chi connectivity index (χ0) is 18.4. The summed E-state index contributed by atoms with van der Waals surface area (Å²) in [6.45, 7) is 5.54. The highest BCUT2D eigenvalue weighted by Gasteiger charge is 2.29. The van der Waals surface area contributed by atoms with Gasteiger partial charge in [-0.05, 0) is 45.0 Å². The number of ether oxygens (including phenoxy) is 1. The zero-order valence-corrected chi connectivity index (χ0v) is 14.9. The molecule has 0 radical (unpaired) electrons. The molecule has 0 unspecified atom stereocenters. The van der Waals surface area contributed by atoms with E-state index < -0.39 is 11.6 Å². The quantitative estimate of drug-likeness (QED) is 0.837. The molecule has 0 aliphatic carbocycles. The number of hydrazine groups is 1.